The second-order valence-corrected chi connectivity index (χ2v) is 10.4. The number of sulfonamides is 1. The predicted molar refractivity (Wildman–Crippen MR) is 128 cm³/mol. The van der Waals surface area contributed by atoms with Crippen molar-refractivity contribution in [3.05, 3.63) is 82.1 Å². The monoisotopic (exact) mass is 491 g/mol. The van der Waals surface area contributed by atoms with Gasteiger partial charge in [0.25, 0.3) is 0 Å². The fourth-order valence-corrected chi connectivity index (χ4v) is 5.54. The molecule has 1 aliphatic rings. The molecule has 10 heteroatoms. The molecule has 5 rings (SSSR count). The molecule has 0 spiro atoms. The molecule has 34 heavy (non-hydrogen) atoms. The number of hydrogen-bond acceptors (Lipinski definition) is 7. The number of aromatic nitrogens is 2. The van der Waals surface area contributed by atoms with Crippen molar-refractivity contribution in [1.82, 2.24) is 14.3 Å². The van der Waals surface area contributed by atoms with Crippen LogP contribution in [0, 0.1) is 11.3 Å². The van der Waals surface area contributed by atoms with Crippen LogP contribution in [0.4, 0.5) is 5.69 Å². The number of nitrogens with two attached hydrogens (primary N) is 1. The molecule has 0 saturated carbocycles. The van der Waals surface area contributed by atoms with Crippen LogP contribution < -0.4 is 10.5 Å². The lowest BCUT2D eigenvalue weighted by Crippen LogP contribution is -2.24. The Bertz CT molecular complexity index is 1620. The molecule has 1 unspecified atom stereocenters. The smallest absolute Gasteiger partial charge is 0.243 e. The van der Waals surface area contributed by atoms with Gasteiger partial charge in [0.15, 0.2) is 10.9 Å². The SMILES string of the molecule is CN(C)S(=O)(=O)c1cc2c(c3ncccc13)Oc1nc(Cl)c(C#N)c(N)c1C2c1ccccc1. The maximum Gasteiger partial charge on any atom is 0.243 e. The van der Waals surface area contributed by atoms with Crippen molar-refractivity contribution in [3.8, 4) is 17.7 Å². The van der Waals surface area contributed by atoms with Crippen LogP contribution in [0.2, 0.25) is 5.15 Å². The molecule has 1 aliphatic heterocycles. The third-order valence-corrected chi connectivity index (χ3v) is 7.96. The van der Waals surface area contributed by atoms with Crippen LogP contribution in [0.15, 0.2) is 59.6 Å². The summed E-state index contributed by atoms with van der Waals surface area (Å²) in [5, 5.41) is 9.96. The Morgan fingerprint density at radius 2 is 1.91 bits per heavy atom. The standard InChI is InChI=1S/C24H18ClN5O3S/c1-30(2)34(31,32)17-11-15-18(13-7-4-3-5-8-13)19-20(27)16(12-26)23(25)29-24(19)33-22(15)21-14(17)9-6-10-28-21/h3-11,18H,1-2H3,(H2,27,29). The van der Waals surface area contributed by atoms with E-state index in [1.54, 1.807) is 24.4 Å². The van der Waals surface area contributed by atoms with Crippen molar-refractivity contribution in [2.75, 3.05) is 19.8 Å². The molecule has 0 saturated heterocycles. The Morgan fingerprint density at radius 3 is 2.59 bits per heavy atom. The fraction of sp³-hybridized carbons (Fsp3) is 0.125. The minimum absolute atomic E-state index is 0.0356. The van der Waals surface area contributed by atoms with Gasteiger partial charge in [-0.15, -0.1) is 0 Å². The normalized spacial score (nSPS) is 14.9. The van der Waals surface area contributed by atoms with Crippen LogP contribution in [0.5, 0.6) is 11.6 Å². The molecule has 0 aliphatic carbocycles. The van der Waals surface area contributed by atoms with Gasteiger partial charge in [-0.2, -0.15) is 10.2 Å². The maximum absolute atomic E-state index is 13.3. The molecule has 4 aromatic rings. The highest BCUT2D eigenvalue weighted by molar-refractivity contribution is 7.89. The van der Waals surface area contributed by atoms with Gasteiger partial charge in [-0.25, -0.2) is 12.7 Å². The number of nitrogens with zero attached hydrogens (tertiary/aromatic N) is 4. The van der Waals surface area contributed by atoms with E-state index in [4.69, 9.17) is 22.1 Å². The summed E-state index contributed by atoms with van der Waals surface area (Å²) in [5.41, 5.74) is 8.76. The summed E-state index contributed by atoms with van der Waals surface area (Å²) in [7, 11) is -0.887. The molecule has 0 radical (unpaired) electrons. The highest BCUT2D eigenvalue weighted by Crippen LogP contribution is 2.53. The summed E-state index contributed by atoms with van der Waals surface area (Å²) in [4.78, 5) is 8.86. The second-order valence-electron chi connectivity index (χ2n) is 7.95. The summed E-state index contributed by atoms with van der Waals surface area (Å²) >= 11 is 6.23. The Hall–Kier alpha value is -3.71. The molecule has 2 aromatic carbocycles. The number of halogens is 1. The quantitative estimate of drug-likeness (QED) is 0.374. The van der Waals surface area contributed by atoms with E-state index in [0.29, 0.717) is 27.8 Å². The Kier molecular flexibility index (Phi) is 5.17. The first-order valence-electron chi connectivity index (χ1n) is 10.2. The third kappa shape index (κ3) is 3.19. The Labute approximate surface area is 201 Å². The molecule has 170 valence electrons. The van der Waals surface area contributed by atoms with E-state index in [9.17, 15) is 13.7 Å². The van der Waals surface area contributed by atoms with Crippen LogP contribution in [0.25, 0.3) is 10.9 Å². The average Bonchev–Trinajstić information content (AvgIpc) is 2.83. The molecule has 8 nitrogen and oxygen atoms in total. The minimum Gasteiger partial charge on any atom is -0.436 e. The Morgan fingerprint density at radius 1 is 1.18 bits per heavy atom. The van der Waals surface area contributed by atoms with Crippen LogP contribution >= 0.6 is 11.6 Å². The molecule has 1 atom stereocenters. The van der Waals surface area contributed by atoms with E-state index in [1.807, 2.05) is 36.4 Å². The van der Waals surface area contributed by atoms with Gasteiger partial charge in [-0.3, -0.25) is 4.98 Å². The summed E-state index contributed by atoms with van der Waals surface area (Å²) in [6, 6.07) is 16.3. The molecule has 0 fully saturated rings. The van der Waals surface area contributed by atoms with Gasteiger partial charge in [0.1, 0.15) is 17.1 Å². The first-order valence-corrected chi connectivity index (χ1v) is 12.0. The largest absolute Gasteiger partial charge is 0.436 e. The first-order chi connectivity index (χ1) is 16.3. The third-order valence-electron chi connectivity index (χ3n) is 5.83. The Balaban J connectivity index is 1.94. The lowest BCUT2D eigenvalue weighted by atomic mass is 9.82. The number of anilines is 1. The van der Waals surface area contributed by atoms with Gasteiger partial charge in [0.2, 0.25) is 15.9 Å². The van der Waals surface area contributed by atoms with E-state index in [2.05, 4.69) is 9.97 Å². The predicted octanol–water partition coefficient (Wildman–Crippen LogP) is 4.27. The van der Waals surface area contributed by atoms with Crippen LogP contribution in [0.1, 0.15) is 28.2 Å². The zero-order chi connectivity index (χ0) is 24.2. The zero-order valence-electron chi connectivity index (χ0n) is 18.2. The number of ether oxygens (including phenoxy) is 1. The van der Waals surface area contributed by atoms with Crippen molar-refractivity contribution in [2.24, 2.45) is 0 Å². The highest BCUT2D eigenvalue weighted by Gasteiger charge is 2.37. The topological polar surface area (TPSA) is 122 Å². The van der Waals surface area contributed by atoms with E-state index >= 15 is 0 Å². The lowest BCUT2D eigenvalue weighted by molar-refractivity contribution is 0.438. The number of benzene rings is 2. The van der Waals surface area contributed by atoms with Gasteiger partial charge in [0.05, 0.1) is 16.1 Å². The van der Waals surface area contributed by atoms with Gasteiger partial charge in [-0.1, -0.05) is 41.9 Å². The molecule has 3 heterocycles. The number of pyridine rings is 2. The van der Waals surface area contributed by atoms with Crippen molar-refractivity contribution in [2.45, 2.75) is 10.8 Å². The summed E-state index contributed by atoms with van der Waals surface area (Å²) < 4.78 is 33.9. The molecule has 0 bridgehead atoms. The van der Waals surface area contributed by atoms with Crippen LogP contribution in [-0.4, -0.2) is 36.8 Å². The minimum atomic E-state index is -3.83. The highest BCUT2D eigenvalue weighted by atomic mass is 35.5. The molecule has 0 amide bonds. The van der Waals surface area contributed by atoms with Gasteiger partial charge >= 0.3 is 0 Å². The summed E-state index contributed by atoms with van der Waals surface area (Å²) in [5.74, 6) is -0.0558. The number of fused-ring (bicyclic) bond motifs is 4. The second kappa shape index (κ2) is 7.95. The van der Waals surface area contributed by atoms with E-state index in [1.165, 1.54) is 14.1 Å². The number of hydrogen-bond donors (Lipinski definition) is 1. The van der Waals surface area contributed by atoms with Gasteiger partial charge < -0.3 is 10.5 Å². The van der Waals surface area contributed by atoms with Gasteiger partial charge in [0, 0.05) is 37.2 Å². The zero-order valence-corrected chi connectivity index (χ0v) is 19.7. The molecule has 2 N–H and O–H groups in total. The molecular weight excluding hydrogens is 474 g/mol. The summed E-state index contributed by atoms with van der Waals surface area (Å²) in [6.45, 7) is 0. The van der Waals surface area contributed by atoms with Crippen LogP contribution in [0.3, 0.4) is 0 Å². The van der Waals surface area contributed by atoms with E-state index < -0.39 is 15.9 Å². The van der Waals surface area contributed by atoms with E-state index in [0.717, 1.165) is 9.87 Å². The maximum atomic E-state index is 13.3. The van der Waals surface area contributed by atoms with Crippen LogP contribution in [-0.2, 0) is 10.0 Å². The van der Waals surface area contributed by atoms with Gasteiger partial charge in [-0.05, 0) is 23.8 Å². The first kappa shape index (κ1) is 22.1. The number of nitrogen functional groups attached to an aromatic ring is 1. The lowest BCUT2D eigenvalue weighted by Gasteiger charge is -2.31. The molecule has 2 aromatic heterocycles. The number of nitriles is 1. The van der Waals surface area contributed by atoms with Crippen molar-refractivity contribution >= 4 is 38.2 Å². The molecular formula is C24H18ClN5O3S. The van der Waals surface area contributed by atoms with Crippen molar-refractivity contribution in [3.63, 3.8) is 0 Å². The summed E-state index contributed by atoms with van der Waals surface area (Å²) in [6.07, 6.45) is 1.57. The van der Waals surface area contributed by atoms with E-state index in [-0.39, 0.29) is 27.2 Å². The average molecular weight is 492 g/mol. The number of rotatable bonds is 3. The van der Waals surface area contributed by atoms with Crippen molar-refractivity contribution in [1.29, 1.82) is 5.26 Å². The van der Waals surface area contributed by atoms with Crippen molar-refractivity contribution < 1.29 is 13.2 Å². The fourth-order valence-electron chi connectivity index (χ4n) is 4.21.